The molecule has 0 unspecified atom stereocenters. The Bertz CT molecular complexity index is 572. The maximum absolute atomic E-state index is 5.35. The second-order valence-electron chi connectivity index (χ2n) is 4.46. The first-order chi connectivity index (χ1) is 10.1. The summed E-state index contributed by atoms with van der Waals surface area (Å²) in [4.78, 5) is 12.7. The molecule has 2 rings (SSSR count). The standard InChI is InChI=1S/C13H21N7O/c1-5-14-11-17-12(19-13(18-11)21-6-2)15-7-10-8-16-20(4)9(10)3/h8H,5-7H2,1-4H3,(H2,14,15,17,18,19). The lowest BCUT2D eigenvalue weighted by Crippen LogP contribution is -2.11. The fourth-order valence-electron chi connectivity index (χ4n) is 1.76. The molecule has 8 heteroatoms. The van der Waals surface area contributed by atoms with Gasteiger partial charge in [-0.2, -0.15) is 20.1 Å². The minimum Gasteiger partial charge on any atom is -0.464 e. The van der Waals surface area contributed by atoms with Crippen LogP contribution >= 0.6 is 0 Å². The number of ether oxygens (including phenoxy) is 1. The molecular formula is C13H21N7O. The molecule has 0 radical (unpaired) electrons. The minimum absolute atomic E-state index is 0.314. The van der Waals surface area contributed by atoms with Crippen molar-refractivity contribution in [2.24, 2.45) is 7.05 Å². The molecule has 2 N–H and O–H groups in total. The second kappa shape index (κ2) is 6.87. The number of aryl methyl sites for hydroxylation is 1. The summed E-state index contributed by atoms with van der Waals surface area (Å²) < 4.78 is 7.19. The smallest absolute Gasteiger partial charge is 0.323 e. The summed E-state index contributed by atoms with van der Waals surface area (Å²) in [5.41, 5.74) is 2.20. The zero-order valence-electron chi connectivity index (χ0n) is 12.8. The van der Waals surface area contributed by atoms with Crippen LogP contribution in [0, 0.1) is 6.92 Å². The first kappa shape index (κ1) is 15.0. The van der Waals surface area contributed by atoms with Gasteiger partial charge in [0.2, 0.25) is 11.9 Å². The van der Waals surface area contributed by atoms with Crippen molar-refractivity contribution < 1.29 is 4.74 Å². The van der Waals surface area contributed by atoms with Crippen LogP contribution in [-0.2, 0) is 13.6 Å². The van der Waals surface area contributed by atoms with E-state index in [-0.39, 0.29) is 0 Å². The number of nitrogens with one attached hydrogen (secondary N) is 2. The van der Waals surface area contributed by atoms with Gasteiger partial charge in [0.1, 0.15) is 0 Å². The number of anilines is 2. The van der Waals surface area contributed by atoms with E-state index in [0.29, 0.717) is 31.1 Å². The summed E-state index contributed by atoms with van der Waals surface area (Å²) in [6.07, 6.45) is 1.83. The van der Waals surface area contributed by atoms with Crippen LogP contribution in [0.15, 0.2) is 6.20 Å². The number of aromatic nitrogens is 5. The third-order valence-electron chi connectivity index (χ3n) is 3.00. The lowest BCUT2D eigenvalue weighted by atomic mass is 10.2. The molecule has 21 heavy (non-hydrogen) atoms. The molecule has 0 fully saturated rings. The van der Waals surface area contributed by atoms with Crippen molar-refractivity contribution >= 4 is 11.9 Å². The Morgan fingerprint density at radius 1 is 1.14 bits per heavy atom. The van der Waals surface area contributed by atoms with Gasteiger partial charge in [-0.3, -0.25) is 4.68 Å². The summed E-state index contributed by atoms with van der Waals surface area (Å²) >= 11 is 0. The first-order valence-electron chi connectivity index (χ1n) is 6.98. The molecule has 0 aliphatic heterocycles. The van der Waals surface area contributed by atoms with E-state index in [1.807, 2.05) is 38.7 Å². The Balaban J connectivity index is 2.12. The van der Waals surface area contributed by atoms with E-state index in [1.165, 1.54) is 0 Å². The summed E-state index contributed by atoms with van der Waals surface area (Å²) in [5.74, 6) is 0.981. The molecule has 0 amide bonds. The quantitative estimate of drug-likeness (QED) is 0.796. The van der Waals surface area contributed by atoms with Crippen LogP contribution < -0.4 is 15.4 Å². The van der Waals surface area contributed by atoms with Gasteiger partial charge < -0.3 is 15.4 Å². The van der Waals surface area contributed by atoms with E-state index in [4.69, 9.17) is 4.74 Å². The molecule has 0 saturated heterocycles. The van der Waals surface area contributed by atoms with Gasteiger partial charge in [-0.05, 0) is 20.8 Å². The van der Waals surface area contributed by atoms with Crippen LogP contribution in [0.2, 0.25) is 0 Å². The Morgan fingerprint density at radius 3 is 2.43 bits per heavy atom. The highest BCUT2D eigenvalue weighted by atomic mass is 16.5. The molecule has 2 heterocycles. The molecule has 8 nitrogen and oxygen atoms in total. The summed E-state index contributed by atoms with van der Waals surface area (Å²) in [5, 5.41) is 10.4. The fourth-order valence-corrected chi connectivity index (χ4v) is 1.76. The van der Waals surface area contributed by atoms with Crippen LogP contribution in [0.4, 0.5) is 11.9 Å². The van der Waals surface area contributed by atoms with Crippen molar-refractivity contribution in [2.45, 2.75) is 27.3 Å². The van der Waals surface area contributed by atoms with Crippen LogP contribution in [0.5, 0.6) is 6.01 Å². The molecule has 0 spiro atoms. The maximum Gasteiger partial charge on any atom is 0.323 e. The number of hydrogen-bond acceptors (Lipinski definition) is 7. The van der Waals surface area contributed by atoms with Crippen LogP contribution in [0.3, 0.4) is 0 Å². The van der Waals surface area contributed by atoms with Gasteiger partial charge in [-0.25, -0.2) is 0 Å². The van der Waals surface area contributed by atoms with Gasteiger partial charge >= 0.3 is 6.01 Å². The fraction of sp³-hybridized carbons (Fsp3) is 0.538. The summed E-state index contributed by atoms with van der Waals surface area (Å²) in [6.45, 7) is 7.74. The molecule has 0 aliphatic rings. The SMILES string of the molecule is CCNc1nc(NCc2cnn(C)c2C)nc(OCC)n1. The van der Waals surface area contributed by atoms with Crippen molar-refractivity contribution in [3.8, 4) is 6.01 Å². The average Bonchev–Trinajstić information content (AvgIpc) is 2.77. The highest BCUT2D eigenvalue weighted by molar-refractivity contribution is 5.36. The summed E-state index contributed by atoms with van der Waals surface area (Å²) in [7, 11) is 1.91. The number of rotatable bonds is 7. The Kier molecular flexibility index (Phi) is 4.91. The zero-order valence-corrected chi connectivity index (χ0v) is 12.8. The van der Waals surface area contributed by atoms with E-state index in [9.17, 15) is 0 Å². The van der Waals surface area contributed by atoms with Crippen LogP contribution in [0.1, 0.15) is 25.1 Å². The molecule has 2 aromatic heterocycles. The van der Waals surface area contributed by atoms with E-state index < -0.39 is 0 Å². The third kappa shape index (κ3) is 3.80. The maximum atomic E-state index is 5.35. The van der Waals surface area contributed by atoms with Gasteiger partial charge in [0.05, 0.1) is 12.8 Å². The average molecular weight is 291 g/mol. The minimum atomic E-state index is 0.314. The van der Waals surface area contributed by atoms with Crippen molar-refractivity contribution in [3.63, 3.8) is 0 Å². The van der Waals surface area contributed by atoms with E-state index >= 15 is 0 Å². The zero-order chi connectivity index (χ0) is 15.2. The van der Waals surface area contributed by atoms with Crippen molar-refractivity contribution in [1.29, 1.82) is 0 Å². The molecule has 0 aliphatic carbocycles. The van der Waals surface area contributed by atoms with Crippen LogP contribution in [-0.4, -0.2) is 37.9 Å². The first-order valence-corrected chi connectivity index (χ1v) is 6.98. The van der Waals surface area contributed by atoms with Gasteiger partial charge in [-0.15, -0.1) is 0 Å². The van der Waals surface area contributed by atoms with Crippen molar-refractivity contribution in [2.75, 3.05) is 23.8 Å². The topological polar surface area (TPSA) is 89.8 Å². The highest BCUT2D eigenvalue weighted by Gasteiger charge is 2.08. The Labute approximate surface area is 124 Å². The molecule has 0 aromatic carbocycles. The Morgan fingerprint density at radius 2 is 1.86 bits per heavy atom. The lowest BCUT2D eigenvalue weighted by molar-refractivity contribution is 0.312. The second-order valence-corrected chi connectivity index (χ2v) is 4.46. The highest BCUT2D eigenvalue weighted by Crippen LogP contribution is 2.13. The molecule has 0 saturated carbocycles. The molecular weight excluding hydrogens is 270 g/mol. The van der Waals surface area contributed by atoms with Gasteiger partial charge in [0.25, 0.3) is 0 Å². The van der Waals surface area contributed by atoms with E-state index in [0.717, 1.165) is 17.8 Å². The van der Waals surface area contributed by atoms with Crippen molar-refractivity contribution in [1.82, 2.24) is 24.7 Å². The molecule has 2 aromatic rings. The van der Waals surface area contributed by atoms with E-state index in [2.05, 4.69) is 30.7 Å². The third-order valence-corrected chi connectivity index (χ3v) is 3.00. The lowest BCUT2D eigenvalue weighted by Gasteiger charge is -2.09. The monoisotopic (exact) mass is 291 g/mol. The van der Waals surface area contributed by atoms with Gasteiger partial charge in [-0.1, -0.05) is 0 Å². The number of hydrogen-bond donors (Lipinski definition) is 2. The largest absolute Gasteiger partial charge is 0.464 e. The molecule has 0 atom stereocenters. The molecule has 114 valence electrons. The number of nitrogens with zero attached hydrogens (tertiary/aromatic N) is 5. The normalized spacial score (nSPS) is 10.5. The van der Waals surface area contributed by atoms with Crippen LogP contribution in [0.25, 0.3) is 0 Å². The Hall–Kier alpha value is -2.38. The van der Waals surface area contributed by atoms with Crippen molar-refractivity contribution in [3.05, 3.63) is 17.5 Å². The molecule has 0 bridgehead atoms. The predicted molar refractivity (Wildman–Crippen MR) is 80.4 cm³/mol. The summed E-state index contributed by atoms with van der Waals surface area (Å²) in [6, 6.07) is 0.314. The predicted octanol–water partition coefficient (Wildman–Crippen LogP) is 1.36. The van der Waals surface area contributed by atoms with E-state index in [1.54, 1.807) is 0 Å². The van der Waals surface area contributed by atoms with Gasteiger partial charge in [0.15, 0.2) is 0 Å². The van der Waals surface area contributed by atoms with Gasteiger partial charge in [0, 0.05) is 31.4 Å².